The molecule has 74 valence electrons. The second-order valence-corrected chi connectivity index (χ2v) is 2.75. The molecule has 0 aromatic carbocycles. The van der Waals surface area contributed by atoms with Gasteiger partial charge >= 0.3 is 6.18 Å². The molecule has 1 atom stereocenters. The Bertz CT molecular complexity index is 144. The van der Waals surface area contributed by atoms with Gasteiger partial charge in [-0.15, -0.1) is 12.4 Å². The topological polar surface area (TPSA) is 21.3 Å². The van der Waals surface area contributed by atoms with E-state index in [-0.39, 0.29) is 25.6 Å². The predicted molar refractivity (Wildman–Crippen MR) is 40.5 cm³/mol. The normalized spacial score (nSPS) is 31.0. The van der Waals surface area contributed by atoms with Gasteiger partial charge in [-0.25, -0.2) is 0 Å². The van der Waals surface area contributed by atoms with Gasteiger partial charge in [0.05, 0.1) is 6.61 Å². The van der Waals surface area contributed by atoms with Crippen molar-refractivity contribution in [1.29, 1.82) is 0 Å². The third-order valence-corrected chi connectivity index (χ3v) is 1.76. The highest BCUT2D eigenvalue weighted by Crippen LogP contribution is 2.33. The lowest BCUT2D eigenvalue weighted by atomic mass is 10.1. The summed E-state index contributed by atoms with van der Waals surface area (Å²) in [6.45, 7) is 1.51. The first-order chi connectivity index (χ1) is 4.96. The molecule has 0 spiro atoms. The second kappa shape index (κ2) is 3.81. The largest absolute Gasteiger partial charge is 0.418 e. The molecule has 1 N–H and O–H groups in total. The van der Waals surface area contributed by atoms with Gasteiger partial charge in [0.15, 0.2) is 5.60 Å². The molecular weight excluding hydrogens is 195 g/mol. The van der Waals surface area contributed by atoms with Crippen LogP contribution in [0.15, 0.2) is 0 Å². The monoisotopic (exact) mass is 205 g/mol. The van der Waals surface area contributed by atoms with Crippen LogP contribution in [0.2, 0.25) is 0 Å². The van der Waals surface area contributed by atoms with Crippen molar-refractivity contribution in [2.75, 3.05) is 19.7 Å². The zero-order valence-corrected chi connectivity index (χ0v) is 7.39. The van der Waals surface area contributed by atoms with Gasteiger partial charge in [0.25, 0.3) is 0 Å². The SMILES string of the molecule is CC1(C(F)(F)F)CNCCO1.Cl. The molecule has 0 radical (unpaired) electrons. The molecule has 0 amide bonds. The number of ether oxygens (including phenoxy) is 1. The molecule has 0 aromatic rings. The lowest BCUT2D eigenvalue weighted by Gasteiger charge is -2.35. The van der Waals surface area contributed by atoms with Crippen molar-refractivity contribution in [3.05, 3.63) is 0 Å². The summed E-state index contributed by atoms with van der Waals surface area (Å²) < 4.78 is 41.1. The molecule has 0 aliphatic carbocycles. The number of morpholine rings is 1. The van der Waals surface area contributed by atoms with E-state index in [9.17, 15) is 13.2 Å². The maximum absolute atomic E-state index is 12.2. The van der Waals surface area contributed by atoms with Crippen LogP contribution < -0.4 is 5.32 Å². The Morgan fingerprint density at radius 3 is 2.25 bits per heavy atom. The summed E-state index contributed by atoms with van der Waals surface area (Å²) in [4.78, 5) is 0. The van der Waals surface area contributed by atoms with Crippen LogP contribution >= 0.6 is 12.4 Å². The van der Waals surface area contributed by atoms with Crippen LogP contribution in [0, 0.1) is 0 Å². The van der Waals surface area contributed by atoms with Gasteiger partial charge in [0, 0.05) is 13.1 Å². The molecule has 1 fully saturated rings. The fraction of sp³-hybridized carbons (Fsp3) is 1.00. The standard InChI is InChI=1S/C6H10F3NO.ClH/c1-5(6(7,8)9)4-10-2-3-11-5;/h10H,2-4H2,1H3;1H. The number of rotatable bonds is 0. The first kappa shape index (κ1) is 12.0. The van der Waals surface area contributed by atoms with Gasteiger partial charge in [-0.2, -0.15) is 13.2 Å². The molecule has 1 rings (SSSR count). The van der Waals surface area contributed by atoms with E-state index in [0.29, 0.717) is 6.54 Å². The highest BCUT2D eigenvalue weighted by atomic mass is 35.5. The van der Waals surface area contributed by atoms with Crippen LogP contribution in [-0.2, 0) is 4.74 Å². The Labute approximate surface area is 74.9 Å². The van der Waals surface area contributed by atoms with Crippen LogP contribution in [-0.4, -0.2) is 31.5 Å². The maximum Gasteiger partial charge on any atom is 0.418 e. The van der Waals surface area contributed by atoms with Crippen molar-refractivity contribution in [3.63, 3.8) is 0 Å². The van der Waals surface area contributed by atoms with E-state index in [1.54, 1.807) is 0 Å². The maximum atomic E-state index is 12.2. The summed E-state index contributed by atoms with van der Waals surface area (Å²) >= 11 is 0. The second-order valence-electron chi connectivity index (χ2n) is 2.75. The third kappa shape index (κ3) is 2.24. The summed E-state index contributed by atoms with van der Waals surface area (Å²) in [7, 11) is 0. The third-order valence-electron chi connectivity index (χ3n) is 1.76. The lowest BCUT2D eigenvalue weighted by molar-refractivity contribution is -0.275. The van der Waals surface area contributed by atoms with Crippen LogP contribution in [0.5, 0.6) is 0 Å². The summed E-state index contributed by atoms with van der Waals surface area (Å²) in [5, 5.41) is 2.64. The fourth-order valence-electron chi connectivity index (χ4n) is 0.908. The van der Waals surface area contributed by atoms with E-state index in [4.69, 9.17) is 0 Å². The molecule has 1 aliphatic rings. The molecule has 12 heavy (non-hydrogen) atoms. The van der Waals surface area contributed by atoms with E-state index in [2.05, 4.69) is 10.1 Å². The van der Waals surface area contributed by atoms with Gasteiger partial charge in [0.2, 0.25) is 0 Å². The highest BCUT2D eigenvalue weighted by molar-refractivity contribution is 5.85. The minimum atomic E-state index is -4.28. The zero-order valence-electron chi connectivity index (χ0n) is 6.57. The van der Waals surface area contributed by atoms with Crippen molar-refractivity contribution in [3.8, 4) is 0 Å². The Morgan fingerprint density at radius 2 is 2.00 bits per heavy atom. The van der Waals surface area contributed by atoms with Gasteiger partial charge in [-0.1, -0.05) is 0 Å². The predicted octanol–water partition coefficient (Wildman–Crippen LogP) is 1.35. The first-order valence-electron chi connectivity index (χ1n) is 3.37. The quantitative estimate of drug-likeness (QED) is 0.645. The average molecular weight is 206 g/mol. The summed E-state index contributed by atoms with van der Waals surface area (Å²) in [6, 6.07) is 0. The Hall–Kier alpha value is 0. The molecule has 0 saturated carbocycles. The van der Waals surface area contributed by atoms with Crippen LogP contribution in [0.3, 0.4) is 0 Å². The van der Waals surface area contributed by atoms with E-state index in [0.717, 1.165) is 6.92 Å². The molecular formula is C6H11ClF3NO. The zero-order chi connectivity index (χ0) is 8.54. The number of nitrogens with one attached hydrogen (secondary N) is 1. The van der Waals surface area contributed by atoms with Gasteiger partial charge < -0.3 is 10.1 Å². The van der Waals surface area contributed by atoms with Crippen LogP contribution in [0.4, 0.5) is 13.2 Å². The average Bonchev–Trinajstić information content (AvgIpc) is 1.87. The smallest absolute Gasteiger partial charge is 0.363 e. The number of hydrogen-bond donors (Lipinski definition) is 1. The fourth-order valence-corrected chi connectivity index (χ4v) is 0.908. The number of alkyl halides is 3. The molecule has 1 saturated heterocycles. The number of hydrogen-bond acceptors (Lipinski definition) is 2. The summed E-state index contributed by atoms with van der Waals surface area (Å²) in [5.74, 6) is 0. The molecule has 1 aliphatic heterocycles. The highest BCUT2D eigenvalue weighted by Gasteiger charge is 2.52. The van der Waals surface area contributed by atoms with E-state index >= 15 is 0 Å². The Balaban J connectivity index is 0.00000121. The minimum Gasteiger partial charge on any atom is -0.363 e. The molecule has 1 heterocycles. The van der Waals surface area contributed by atoms with Crippen molar-refractivity contribution in [2.45, 2.75) is 18.7 Å². The van der Waals surface area contributed by atoms with Crippen molar-refractivity contribution in [1.82, 2.24) is 5.32 Å². The Kier molecular flexibility index (Phi) is 3.81. The molecule has 0 bridgehead atoms. The van der Waals surface area contributed by atoms with Crippen LogP contribution in [0.1, 0.15) is 6.92 Å². The van der Waals surface area contributed by atoms with E-state index in [1.807, 2.05) is 0 Å². The molecule has 1 unspecified atom stereocenters. The lowest BCUT2D eigenvalue weighted by Crippen LogP contribution is -2.56. The summed E-state index contributed by atoms with van der Waals surface area (Å²) in [5.41, 5.74) is -1.99. The van der Waals surface area contributed by atoms with Crippen molar-refractivity contribution in [2.24, 2.45) is 0 Å². The Morgan fingerprint density at radius 1 is 1.42 bits per heavy atom. The molecule has 2 nitrogen and oxygen atoms in total. The van der Waals surface area contributed by atoms with Gasteiger partial charge in [-0.3, -0.25) is 0 Å². The first-order valence-corrected chi connectivity index (χ1v) is 3.37. The van der Waals surface area contributed by atoms with Gasteiger partial charge in [-0.05, 0) is 6.92 Å². The van der Waals surface area contributed by atoms with Crippen molar-refractivity contribution < 1.29 is 17.9 Å². The van der Waals surface area contributed by atoms with E-state index in [1.165, 1.54) is 0 Å². The van der Waals surface area contributed by atoms with Gasteiger partial charge in [0.1, 0.15) is 0 Å². The van der Waals surface area contributed by atoms with Crippen molar-refractivity contribution >= 4 is 12.4 Å². The minimum absolute atomic E-state index is 0. The van der Waals surface area contributed by atoms with E-state index < -0.39 is 11.8 Å². The molecule has 0 aromatic heterocycles. The number of halogens is 4. The molecule has 6 heteroatoms. The van der Waals surface area contributed by atoms with Crippen LogP contribution in [0.25, 0.3) is 0 Å². The summed E-state index contributed by atoms with van der Waals surface area (Å²) in [6.07, 6.45) is -4.28.